The Morgan fingerprint density at radius 1 is 0.651 bits per heavy atom. The molecule has 4 aromatic rings. The molecule has 2 heterocycles. The van der Waals surface area contributed by atoms with Crippen LogP contribution < -0.4 is 10.6 Å². The Kier molecular flexibility index (Phi) is 8.15. The number of alkyl halides is 6. The molecule has 0 spiro atoms. The van der Waals surface area contributed by atoms with Crippen molar-refractivity contribution in [1.29, 1.82) is 0 Å². The Bertz CT molecular complexity index is 1580. The molecule has 10 nitrogen and oxygen atoms in total. The number of halogens is 6. The first-order valence-electron chi connectivity index (χ1n) is 12.4. The number of amides is 2. The number of para-hydroxylation sites is 2. The monoisotopic (exact) mass is 612 g/mol. The minimum absolute atomic E-state index is 0.179. The second-order valence-electron chi connectivity index (χ2n) is 9.58. The van der Waals surface area contributed by atoms with E-state index in [0.717, 1.165) is 10.6 Å². The number of aromatic nitrogens is 2. The molecule has 0 fully saturated rings. The minimum atomic E-state index is -6.72. The molecule has 228 valence electrons. The number of fused-ring (bicyclic) bond motifs is 2. The molecular formula is C27H22F6N4O6. The zero-order valence-corrected chi connectivity index (χ0v) is 21.6. The lowest BCUT2D eigenvalue weighted by atomic mass is 10.00. The molecule has 43 heavy (non-hydrogen) atoms. The number of H-pyrrole nitrogens is 2. The summed E-state index contributed by atoms with van der Waals surface area (Å²) in [5.41, 5.74) is 1.36. The lowest BCUT2D eigenvalue weighted by Crippen LogP contribution is -2.67. The molecule has 2 aromatic heterocycles. The number of hydrogen-bond acceptors (Lipinski definition) is 4. The fourth-order valence-electron chi connectivity index (χ4n) is 4.42. The number of carboxylic acids is 2. The number of carbonyl (C=O) groups excluding carboxylic acids is 2. The van der Waals surface area contributed by atoms with Gasteiger partial charge >= 0.3 is 29.7 Å². The zero-order chi connectivity index (χ0) is 31.7. The third kappa shape index (κ3) is 5.72. The van der Waals surface area contributed by atoms with Crippen LogP contribution in [0.1, 0.15) is 11.1 Å². The van der Waals surface area contributed by atoms with E-state index in [2.05, 4.69) is 9.97 Å². The van der Waals surface area contributed by atoms with E-state index >= 15 is 0 Å². The van der Waals surface area contributed by atoms with E-state index in [4.69, 9.17) is 0 Å². The quantitative estimate of drug-likeness (QED) is 0.134. The van der Waals surface area contributed by atoms with Gasteiger partial charge < -0.3 is 30.8 Å². The molecule has 2 aromatic carbocycles. The normalized spacial score (nSPS) is 13.9. The second kappa shape index (κ2) is 11.3. The van der Waals surface area contributed by atoms with Gasteiger partial charge in [-0.15, -0.1) is 0 Å². The summed E-state index contributed by atoms with van der Waals surface area (Å²) >= 11 is 0. The van der Waals surface area contributed by atoms with E-state index in [1.807, 2.05) is 0 Å². The van der Waals surface area contributed by atoms with Crippen LogP contribution in [0.4, 0.5) is 26.3 Å². The average molecular weight is 612 g/mol. The van der Waals surface area contributed by atoms with Gasteiger partial charge in [-0.3, -0.25) is 9.59 Å². The van der Waals surface area contributed by atoms with Crippen LogP contribution in [-0.4, -0.2) is 73.8 Å². The summed E-state index contributed by atoms with van der Waals surface area (Å²) in [5, 5.41) is 21.9. The van der Waals surface area contributed by atoms with Crippen molar-refractivity contribution >= 4 is 45.6 Å². The predicted molar refractivity (Wildman–Crippen MR) is 138 cm³/mol. The van der Waals surface area contributed by atoms with E-state index in [1.54, 1.807) is 36.4 Å². The molecule has 0 saturated heterocycles. The SMILES string of the molecule is O=C(O)[C@@H](Cc1c[nH]c2ccccc12)NC(=O)C(F)(F)C(F)(F)C(F)(F)C(=O)N[C@H](Cc1c[nH]c2ccccc12)C(=O)O. The Hall–Kier alpha value is -5.02. The average Bonchev–Trinajstić information content (AvgIpc) is 3.55. The van der Waals surface area contributed by atoms with Gasteiger partial charge in [-0.05, 0) is 23.3 Å². The van der Waals surface area contributed by atoms with Crippen LogP contribution in [0.5, 0.6) is 0 Å². The molecule has 0 bridgehead atoms. The summed E-state index contributed by atoms with van der Waals surface area (Å²) in [7, 11) is 0. The molecule has 6 N–H and O–H groups in total. The van der Waals surface area contributed by atoms with Crippen LogP contribution >= 0.6 is 0 Å². The maximum atomic E-state index is 14.6. The summed E-state index contributed by atoms with van der Waals surface area (Å²) in [5.74, 6) is -29.4. The zero-order valence-electron chi connectivity index (χ0n) is 21.6. The molecule has 16 heteroatoms. The predicted octanol–water partition coefficient (Wildman–Crippen LogP) is 3.48. The van der Waals surface area contributed by atoms with Crippen molar-refractivity contribution in [2.24, 2.45) is 0 Å². The standard InChI is InChI=1S/C27H22F6N4O6/c28-25(29,23(42)36-19(21(38)39)9-13-11-34-17-7-3-1-5-15(13)17)27(32,33)26(30,31)24(43)37-20(22(40)41)10-14-12-35-18-8-4-2-6-16(14)18/h1-8,11-12,19-20,34-35H,9-10H2,(H,36,42)(H,37,43)(H,38,39)(H,40,41)/t19-,20-/m1/s1. The van der Waals surface area contributed by atoms with E-state index in [1.165, 1.54) is 24.5 Å². The van der Waals surface area contributed by atoms with Crippen molar-refractivity contribution < 1.29 is 55.7 Å². The van der Waals surface area contributed by atoms with Crippen LogP contribution in [0.3, 0.4) is 0 Å². The van der Waals surface area contributed by atoms with Gasteiger partial charge in [-0.1, -0.05) is 36.4 Å². The first-order chi connectivity index (χ1) is 20.1. The fraction of sp³-hybridized carbons (Fsp3) is 0.259. The number of hydrogen-bond donors (Lipinski definition) is 6. The molecule has 0 aliphatic rings. The first kappa shape index (κ1) is 30.9. The Labute approximate surface area is 237 Å². The van der Waals surface area contributed by atoms with Gasteiger partial charge in [-0.2, -0.15) is 26.3 Å². The second-order valence-corrected chi connectivity index (χ2v) is 9.58. The van der Waals surface area contributed by atoms with Gasteiger partial charge in [0.1, 0.15) is 12.1 Å². The van der Waals surface area contributed by atoms with Gasteiger partial charge in [0.05, 0.1) is 0 Å². The summed E-state index contributed by atoms with van der Waals surface area (Å²) < 4.78 is 87.8. The number of benzene rings is 2. The molecule has 2 amide bonds. The highest BCUT2D eigenvalue weighted by atomic mass is 19.3. The minimum Gasteiger partial charge on any atom is -0.480 e. The highest BCUT2D eigenvalue weighted by Crippen LogP contribution is 2.46. The van der Waals surface area contributed by atoms with Crippen LogP contribution in [0.15, 0.2) is 60.9 Å². The molecule has 0 unspecified atom stereocenters. The van der Waals surface area contributed by atoms with Crippen LogP contribution in [0.25, 0.3) is 21.8 Å². The molecule has 4 rings (SSSR count). The molecular weight excluding hydrogens is 590 g/mol. The van der Waals surface area contributed by atoms with Crippen LogP contribution in [0, 0.1) is 0 Å². The number of aliphatic carboxylic acids is 2. The lowest BCUT2D eigenvalue weighted by Gasteiger charge is -2.32. The van der Waals surface area contributed by atoms with Crippen molar-refractivity contribution in [2.45, 2.75) is 42.7 Å². The van der Waals surface area contributed by atoms with E-state index < -0.39 is 66.4 Å². The number of carbonyl (C=O) groups is 4. The number of aromatic amines is 2. The van der Waals surface area contributed by atoms with Crippen molar-refractivity contribution in [3.05, 3.63) is 72.1 Å². The topological polar surface area (TPSA) is 164 Å². The number of carboxylic acid groups (broad SMARTS) is 2. The molecule has 0 radical (unpaired) electrons. The molecule has 0 aliphatic heterocycles. The van der Waals surface area contributed by atoms with E-state index in [0.29, 0.717) is 21.8 Å². The fourth-order valence-corrected chi connectivity index (χ4v) is 4.42. The molecule has 0 saturated carbocycles. The van der Waals surface area contributed by atoms with Gasteiger partial charge in [-0.25, -0.2) is 9.59 Å². The van der Waals surface area contributed by atoms with Gasteiger partial charge in [0, 0.05) is 47.0 Å². The highest BCUT2D eigenvalue weighted by Gasteiger charge is 2.78. The summed E-state index contributed by atoms with van der Waals surface area (Å²) in [4.78, 5) is 53.2. The van der Waals surface area contributed by atoms with Crippen molar-refractivity contribution in [1.82, 2.24) is 20.6 Å². The third-order valence-electron chi connectivity index (χ3n) is 6.76. The highest BCUT2D eigenvalue weighted by molar-refractivity contribution is 5.94. The number of rotatable bonds is 12. The van der Waals surface area contributed by atoms with Crippen molar-refractivity contribution in [3.8, 4) is 0 Å². The van der Waals surface area contributed by atoms with Crippen molar-refractivity contribution in [2.75, 3.05) is 0 Å². The smallest absolute Gasteiger partial charge is 0.393 e. The van der Waals surface area contributed by atoms with E-state index in [9.17, 15) is 55.7 Å². The van der Waals surface area contributed by atoms with Gasteiger partial charge in [0.2, 0.25) is 0 Å². The summed E-state index contributed by atoms with van der Waals surface area (Å²) in [6.07, 6.45) is 1.18. The summed E-state index contributed by atoms with van der Waals surface area (Å²) in [6.45, 7) is 0. The Morgan fingerprint density at radius 3 is 1.35 bits per heavy atom. The van der Waals surface area contributed by atoms with Crippen LogP contribution in [0.2, 0.25) is 0 Å². The maximum Gasteiger partial charge on any atom is 0.393 e. The maximum absolute atomic E-state index is 14.6. The molecule has 2 atom stereocenters. The number of nitrogens with one attached hydrogen (secondary N) is 4. The largest absolute Gasteiger partial charge is 0.480 e. The van der Waals surface area contributed by atoms with Crippen molar-refractivity contribution in [3.63, 3.8) is 0 Å². The summed E-state index contributed by atoms with van der Waals surface area (Å²) in [6, 6.07) is 8.06. The van der Waals surface area contributed by atoms with Gasteiger partial charge in [0.25, 0.3) is 11.8 Å². The van der Waals surface area contributed by atoms with Crippen LogP contribution in [-0.2, 0) is 32.0 Å². The van der Waals surface area contributed by atoms with E-state index in [-0.39, 0.29) is 11.1 Å². The van der Waals surface area contributed by atoms with Gasteiger partial charge in [0.15, 0.2) is 0 Å². The first-order valence-corrected chi connectivity index (χ1v) is 12.4. The molecule has 0 aliphatic carbocycles. The lowest BCUT2D eigenvalue weighted by molar-refractivity contribution is -0.287. The Balaban J connectivity index is 1.51. The Morgan fingerprint density at radius 2 is 1.00 bits per heavy atom. The third-order valence-corrected chi connectivity index (χ3v) is 6.76.